The smallest absolute Gasteiger partial charge is 0.326 e. The van der Waals surface area contributed by atoms with Crippen LogP contribution < -0.4 is 4.90 Å². The van der Waals surface area contributed by atoms with Gasteiger partial charge in [0.25, 0.3) is 0 Å². The van der Waals surface area contributed by atoms with E-state index in [2.05, 4.69) is 12.1 Å². The number of esters is 1. The maximum atomic E-state index is 12.6. The first kappa shape index (κ1) is 21.8. The summed E-state index contributed by atoms with van der Waals surface area (Å²) < 4.78 is 5.35. The van der Waals surface area contributed by atoms with Gasteiger partial charge >= 0.3 is 5.97 Å². The van der Waals surface area contributed by atoms with Gasteiger partial charge in [-0.2, -0.15) is 0 Å². The molecule has 0 atom stereocenters. The lowest BCUT2D eigenvalue weighted by Gasteiger charge is -2.24. The number of carbonyl (C=O) groups is 2. The largest absolute Gasteiger partial charge is 0.456 e. The predicted octanol–water partition coefficient (Wildman–Crippen LogP) is 6.30. The minimum absolute atomic E-state index is 0.0297. The number of benzene rings is 3. The van der Waals surface area contributed by atoms with Gasteiger partial charge in [0, 0.05) is 16.9 Å². The number of hydrogen-bond donors (Lipinski definition) is 0. The monoisotopic (exact) mass is 427 g/mol. The van der Waals surface area contributed by atoms with Crippen LogP contribution in [0.5, 0.6) is 0 Å². The van der Waals surface area contributed by atoms with Crippen molar-refractivity contribution in [3.63, 3.8) is 0 Å². The number of carbonyl (C=O) groups excluding carboxylic acids is 2. The van der Waals surface area contributed by atoms with Crippen LogP contribution in [-0.4, -0.2) is 24.9 Å². The van der Waals surface area contributed by atoms with Gasteiger partial charge in [-0.15, -0.1) is 0 Å². The number of ketones is 1. The van der Waals surface area contributed by atoms with Crippen LogP contribution in [0.15, 0.2) is 84.9 Å². The Balaban J connectivity index is 1.35. The van der Waals surface area contributed by atoms with E-state index in [4.69, 9.17) is 4.74 Å². The van der Waals surface area contributed by atoms with E-state index in [1.807, 2.05) is 77.7 Å². The Morgan fingerprint density at radius 2 is 1.31 bits per heavy atom. The number of rotatable bonds is 8. The molecule has 0 amide bonds. The number of ether oxygens (including phenoxy) is 1. The van der Waals surface area contributed by atoms with Crippen molar-refractivity contribution in [2.75, 3.05) is 18.1 Å². The third-order valence-corrected chi connectivity index (χ3v) is 6.10. The first-order valence-corrected chi connectivity index (χ1v) is 11.4. The molecular weight excluding hydrogens is 398 g/mol. The third kappa shape index (κ3) is 5.64. The van der Waals surface area contributed by atoms with Crippen molar-refractivity contribution in [2.45, 2.75) is 38.0 Å². The van der Waals surface area contributed by atoms with Crippen LogP contribution in [0, 0.1) is 0 Å². The van der Waals surface area contributed by atoms with E-state index in [-0.39, 0.29) is 18.9 Å². The molecule has 4 nitrogen and oxygen atoms in total. The molecule has 1 saturated carbocycles. The molecule has 4 rings (SSSR count). The second-order valence-corrected chi connectivity index (χ2v) is 8.30. The summed E-state index contributed by atoms with van der Waals surface area (Å²) in [5.41, 5.74) is 3.67. The highest BCUT2D eigenvalue weighted by atomic mass is 16.5. The second kappa shape index (κ2) is 10.8. The van der Waals surface area contributed by atoms with Crippen molar-refractivity contribution >= 4 is 23.1 Å². The first-order chi connectivity index (χ1) is 15.7. The molecule has 0 unspecified atom stereocenters. The topological polar surface area (TPSA) is 46.6 Å². The van der Waals surface area contributed by atoms with Gasteiger partial charge in [0.1, 0.15) is 6.54 Å². The average molecular weight is 428 g/mol. The summed E-state index contributed by atoms with van der Waals surface area (Å²) in [7, 11) is 0. The van der Waals surface area contributed by atoms with Gasteiger partial charge in [-0.1, -0.05) is 79.9 Å². The van der Waals surface area contributed by atoms with Crippen LogP contribution in [0.2, 0.25) is 0 Å². The fourth-order valence-electron chi connectivity index (χ4n) is 4.33. The summed E-state index contributed by atoms with van der Waals surface area (Å²) in [6.07, 6.45) is 6.34. The van der Waals surface area contributed by atoms with Crippen molar-refractivity contribution < 1.29 is 14.3 Å². The van der Waals surface area contributed by atoms with E-state index in [0.29, 0.717) is 11.5 Å². The molecule has 4 heteroatoms. The van der Waals surface area contributed by atoms with Crippen molar-refractivity contribution in [3.8, 4) is 0 Å². The van der Waals surface area contributed by atoms with E-state index in [1.54, 1.807) is 0 Å². The van der Waals surface area contributed by atoms with E-state index in [9.17, 15) is 9.59 Å². The zero-order chi connectivity index (χ0) is 22.2. The van der Waals surface area contributed by atoms with Crippen LogP contribution in [-0.2, 0) is 9.53 Å². The molecule has 0 N–H and O–H groups in total. The Morgan fingerprint density at radius 1 is 0.750 bits per heavy atom. The third-order valence-electron chi connectivity index (χ3n) is 6.10. The fourth-order valence-corrected chi connectivity index (χ4v) is 4.33. The second-order valence-electron chi connectivity index (χ2n) is 8.30. The van der Waals surface area contributed by atoms with Crippen LogP contribution >= 0.6 is 0 Å². The molecule has 0 saturated heterocycles. The summed E-state index contributed by atoms with van der Waals surface area (Å²) in [6.45, 7) is -0.221. The highest BCUT2D eigenvalue weighted by Crippen LogP contribution is 2.32. The van der Waals surface area contributed by atoms with Gasteiger partial charge in [0.05, 0.1) is 0 Å². The molecule has 3 aromatic carbocycles. The standard InChI is InChI=1S/C28H29NO3/c30-27(24-18-16-23(17-19-24)22-10-4-1-5-11-22)21-32-28(31)20-29(25-12-6-2-7-13-25)26-14-8-3-9-15-26/h2-3,6-9,12-19,22H,1,4-5,10-11,20-21H2. The molecule has 164 valence electrons. The summed E-state index contributed by atoms with van der Waals surface area (Å²) >= 11 is 0. The van der Waals surface area contributed by atoms with Crippen LogP contribution in [0.25, 0.3) is 0 Å². The predicted molar refractivity (Wildman–Crippen MR) is 127 cm³/mol. The van der Waals surface area contributed by atoms with Crippen LogP contribution in [0.1, 0.15) is 53.9 Å². The molecular formula is C28H29NO3. The summed E-state index contributed by atoms with van der Waals surface area (Å²) in [4.78, 5) is 27.0. The molecule has 1 fully saturated rings. The number of para-hydroxylation sites is 2. The normalized spacial score (nSPS) is 14.0. The lowest BCUT2D eigenvalue weighted by Crippen LogP contribution is -2.28. The quantitative estimate of drug-likeness (QED) is 0.313. The molecule has 0 spiro atoms. The molecule has 0 heterocycles. The molecule has 3 aromatic rings. The number of anilines is 2. The van der Waals surface area contributed by atoms with Gasteiger partial charge in [0.15, 0.2) is 12.4 Å². The number of Topliss-reactive ketones (excluding diaryl/α,β-unsaturated/α-hetero) is 1. The van der Waals surface area contributed by atoms with Gasteiger partial charge in [-0.05, 0) is 48.6 Å². The molecule has 32 heavy (non-hydrogen) atoms. The molecule has 1 aliphatic rings. The summed E-state index contributed by atoms with van der Waals surface area (Å²) in [5.74, 6) is -0.0166. The van der Waals surface area contributed by atoms with Gasteiger partial charge < -0.3 is 9.64 Å². The Kier molecular flexibility index (Phi) is 7.34. The Bertz CT molecular complexity index is 970. The van der Waals surface area contributed by atoms with Gasteiger partial charge in [-0.25, -0.2) is 0 Å². The van der Waals surface area contributed by atoms with E-state index in [0.717, 1.165) is 11.4 Å². The fraction of sp³-hybridized carbons (Fsp3) is 0.286. The van der Waals surface area contributed by atoms with Crippen LogP contribution in [0.3, 0.4) is 0 Å². The highest BCUT2D eigenvalue weighted by molar-refractivity contribution is 5.98. The molecule has 1 aliphatic carbocycles. The van der Waals surface area contributed by atoms with Crippen molar-refractivity contribution in [1.82, 2.24) is 0 Å². The molecule has 0 bridgehead atoms. The zero-order valence-electron chi connectivity index (χ0n) is 18.3. The first-order valence-electron chi connectivity index (χ1n) is 11.4. The minimum Gasteiger partial charge on any atom is -0.456 e. The molecule has 0 aliphatic heterocycles. The summed E-state index contributed by atoms with van der Waals surface area (Å²) in [5, 5.41) is 0. The Morgan fingerprint density at radius 3 is 1.88 bits per heavy atom. The van der Waals surface area contributed by atoms with E-state index in [1.165, 1.54) is 37.7 Å². The SMILES string of the molecule is O=C(CN(c1ccccc1)c1ccccc1)OCC(=O)c1ccc(C2CCCCC2)cc1. The van der Waals surface area contributed by atoms with Gasteiger partial charge in [-0.3, -0.25) is 9.59 Å². The number of hydrogen-bond acceptors (Lipinski definition) is 4. The van der Waals surface area contributed by atoms with Crippen molar-refractivity contribution in [3.05, 3.63) is 96.1 Å². The van der Waals surface area contributed by atoms with Gasteiger partial charge in [0.2, 0.25) is 0 Å². The summed E-state index contributed by atoms with van der Waals surface area (Å²) in [6, 6.07) is 27.2. The average Bonchev–Trinajstić information content (AvgIpc) is 2.87. The number of nitrogens with zero attached hydrogens (tertiary/aromatic N) is 1. The van der Waals surface area contributed by atoms with Crippen LogP contribution in [0.4, 0.5) is 11.4 Å². The zero-order valence-corrected chi connectivity index (χ0v) is 18.3. The van der Waals surface area contributed by atoms with Crippen molar-refractivity contribution in [1.29, 1.82) is 0 Å². The lowest BCUT2D eigenvalue weighted by atomic mass is 9.84. The maximum Gasteiger partial charge on any atom is 0.326 e. The maximum absolute atomic E-state index is 12.6. The lowest BCUT2D eigenvalue weighted by molar-refractivity contribution is -0.140. The van der Waals surface area contributed by atoms with Crippen molar-refractivity contribution in [2.24, 2.45) is 0 Å². The van der Waals surface area contributed by atoms with E-state index >= 15 is 0 Å². The Labute approximate surface area is 189 Å². The minimum atomic E-state index is -0.440. The van der Waals surface area contributed by atoms with E-state index < -0.39 is 5.97 Å². The molecule has 0 aromatic heterocycles. The molecule has 0 radical (unpaired) electrons. The highest BCUT2D eigenvalue weighted by Gasteiger charge is 2.18. The Hall–Kier alpha value is -3.40.